The van der Waals surface area contributed by atoms with Gasteiger partial charge in [0.2, 0.25) is 0 Å². The van der Waals surface area contributed by atoms with Gasteiger partial charge in [0.05, 0.1) is 10.9 Å². The molecule has 0 fully saturated rings. The first-order valence-electron chi connectivity index (χ1n) is 7.33. The van der Waals surface area contributed by atoms with Crippen molar-refractivity contribution in [2.24, 2.45) is 12.0 Å². The maximum atomic E-state index is 10.3. The Kier molecular flexibility index (Phi) is 4.14. The molecule has 0 saturated heterocycles. The first kappa shape index (κ1) is 14.9. The molecule has 0 amide bonds. The molecule has 3 aromatic heterocycles. The van der Waals surface area contributed by atoms with Gasteiger partial charge in [-0.25, -0.2) is 4.98 Å². The lowest BCUT2D eigenvalue weighted by Crippen LogP contribution is -2.23. The second-order valence-electron chi connectivity index (χ2n) is 4.99. The third-order valence-electron chi connectivity index (χ3n) is 3.47. The molecule has 0 aromatic carbocycles. The molecule has 0 aliphatic carbocycles. The normalized spacial score (nSPS) is 12.8. The number of pyridine rings is 2. The predicted molar refractivity (Wildman–Crippen MR) is 89.3 cm³/mol. The molecule has 0 aliphatic rings. The van der Waals surface area contributed by atoms with Gasteiger partial charge < -0.3 is 9.67 Å². The van der Waals surface area contributed by atoms with E-state index < -0.39 is 0 Å². The fourth-order valence-corrected chi connectivity index (χ4v) is 2.33. The van der Waals surface area contributed by atoms with E-state index in [1.54, 1.807) is 43.0 Å². The topological polar surface area (TPSA) is 76.2 Å². The molecule has 3 aromatic rings. The van der Waals surface area contributed by atoms with Crippen molar-refractivity contribution in [2.75, 3.05) is 6.54 Å². The standard InChI is InChI=1S/C17H17N5O/c1-3-20-17-13-11-19-8-6-14(13)21-16(22(17)2)9-15(23)12-5-4-7-18-10-12/h4-11,23H,3H2,1-2H3/b15-9-,20-17?. The van der Waals surface area contributed by atoms with Crippen LogP contribution in [0.1, 0.15) is 18.3 Å². The summed E-state index contributed by atoms with van der Waals surface area (Å²) >= 11 is 0. The van der Waals surface area contributed by atoms with Crippen LogP contribution in [0.15, 0.2) is 48.0 Å². The zero-order valence-electron chi connectivity index (χ0n) is 13.0. The quantitative estimate of drug-likeness (QED) is 0.754. The molecule has 0 aliphatic heterocycles. The summed E-state index contributed by atoms with van der Waals surface area (Å²) in [5.41, 5.74) is 2.21. The van der Waals surface area contributed by atoms with Crippen molar-refractivity contribution in [1.29, 1.82) is 0 Å². The van der Waals surface area contributed by atoms with Gasteiger partial charge >= 0.3 is 0 Å². The summed E-state index contributed by atoms with van der Waals surface area (Å²) in [4.78, 5) is 17.3. The number of hydrogen-bond acceptors (Lipinski definition) is 5. The summed E-state index contributed by atoms with van der Waals surface area (Å²) in [6.45, 7) is 2.63. The Bertz CT molecular complexity index is 929. The van der Waals surface area contributed by atoms with Gasteiger partial charge in [0.1, 0.15) is 17.1 Å². The molecule has 23 heavy (non-hydrogen) atoms. The lowest BCUT2D eigenvalue weighted by molar-refractivity contribution is 0.514. The van der Waals surface area contributed by atoms with Crippen LogP contribution in [0.2, 0.25) is 0 Å². The van der Waals surface area contributed by atoms with Crippen LogP contribution in [0.25, 0.3) is 22.7 Å². The second kappa shape index (κ2) is 6.39. The second-order valence-corrected chi connectivity index (χ2v) is 4.99. The Labute approximate surface area is 133 Å². The third kappa shape index (κ3) is 2.96. The number of aliphatic hydroxyl groups excluding tert-OH is 1. The van der Waals surface area contributed by atoms with Gasteiger partial charge in [0.25, 0.3) is 0 Å². The zero-order valence-corrected chi connectivity index (χ0v) is 13.0. The molecular formula is C17H17N5O. The highest BCUT2D eigenvalue weighted by Crippen LogP contribution is 2.14. The van der Waals surface area contributed by atoms with E-state index in [-0.39, 0.29) is 5.76 Å². The van der Waals surface area contributed by atoms with Crippen molar-refractivity contribution in [1.82, 2.24) is 19.5 Å². The number of aliphatic hydroxyl groups is 1. The summed E-state index contributed by atoms with van der Waals surface area (Å²) in [7, 11) is 1.87. The molecule has 1 N–H and O–H groups in total. The molecule has 6 heteroatoms. The minimum Gasteiger partial charge on any atom is -0.507 e. The van der Waals surface area contributed by atoms with Crippen molar-refractivity contribution >= 4 is 22.7 Å². The van der Waals surface area contributed by atoms with Crippen molar-refractivity contribution in [3.05, 3.63) is 59.9 Å². The van der Waals surface area contributed by atoms with Gasteiger partial charge in [-0.3, -0.25) is 15.0 Å². The smallest absolute Gasteiger partial charge is 0.140 e. The Hall–Kier alpha value is -3.02. The molecule has 3 rings (SSSR count). The van der Waals surface area contributed by atoms with Gasteiger partial charge in [0.15, 0.2) is 0 Å². The predicted octanol–water partition coefficient (Wildman–Crippen LogP) is 2.34. The average Bonchev–Trinajstić information content (AvgIpc) is 2.59. The Morgan fingerprint density at radius 3 is 2.83 bits per heavy atom. The maximum Gasteiger partial charge on any atom is 0.140 e. The summed E-state index contributed by atoms with van der Waals surface area (Å²) in [6, 6.07) is 5.40. The monoisotopic (exact) mass is 307 g/mol. The number of rotatable bonds is 3. The van der Waals surface area contributed by atoms with E-state index in [0.29, 0.717) is 17.9 Å². The van der Waals surface area contributed by atoms with Gasteiger partial charge in [-0.1, -0.05) is 0 Å². The van der Waals surface area contributed by atoms with Crippen LogP contribution in [0.4, 0.5) is 0 Å². The SMILES string of the molecule is CCN=c1c2cnccc2nc(/C=C(\O)c2cccnc2)n1C. The first-order chi connectivity index (χ1) is 11.2. The first-order valence-corrected chi connectivity index (χ1v) is 7.33. The van der Waals surface area contributed by atoms with Crippen LogP contribution < -0.4 is 5.49 Å². The van der Waals surface area contributed by atoms with E-state index in [2.05, 4.69) is 19.9 Å². The summed E-state index contributed by atoms with van der Waals surface area (Å²) < 4.78 is 1.85. The lowest BCUT2D eigenvalue weighted by atomic mass is 10.2. The van der Waals surface area contributed by atoms with E-state index in [4.69, 9.17) is 0 Å². The van der Waals surface area contributed by atoms with Crippen LogP contribution >= 0.6 is 0 Å². The van der Waals surface area contributed by atoms with Gasteiger partial charge in [-0.15, -0.1) is 0 Å². The molecule has 0 bridgehead atoms. The molecule has 0 atom stereocenters. The minimum atomic E-state index is 0.108. The van der Waals surface area contributed by atoms with E-state index in [9.17, 15) is 5.11 Å². The molecule has 6 nitrogen and oxygen atoms in total. The molecular weight excluding hydrogens is 290 g/mol. The highest BCUT2D eigenvalue weighted by molar-refractivity contribution is 5.79. The summed E-state index contributed by atoms with van der Waals surface area (Å²) in [5, 5.41) is 11.2. The van der Waals surface area contributed by atoms with Gasteiger partial charge in [-0.05, 0) is 25.1 Å². The minimum absolute atomic E-state index is 0.108. The fraction of sp³-hybridized carbons (Fsp3) is 0.176. The highest BCUT2D eigenvalue weighted by Gasteiger charge is 2.07. The van der Waals surface area contributed by atoms with E-state index in [1.807, 2.05) is 24.6 Å². The Balaban J connectivity index is 2.23. The molecule has 0 saturated carbocycles. The summed E-state index contributed by atoms with van der Waals surface area (Å²) in [5.74, 6) is 0.717. The van der Waals surface area contributed by atoms with Gasteiger partial charge in [-0.2, -0.15) is 0 Å². The number of hydrogen-bond donors (Lipinski definition) is 1. The van der Waals surface area contributed by atoms with Crippen LogP contribution in [-0.4, -0.2) is 31.2 Å². The highest BCUT2D eigenvalue weighted by atomic mass is 16.3. The largest absolute Gasteiger partial charge is 0.507 e. The van der Waals surface area contributed by atoms with Crippen molar-refractivity contribution in [3.8, 4) is 0 Å². The van der Waals surface area contributed by atoms with Crippen LogP contribution in [0, 0.1) is 0 Å². The van der Waals surface area contributed by atoms with Crippen LogP contribution in [0.5, 0.6) is 0 Å². The number of nitrogens with zero attached hydrogens (tertiary/aromatic N) is 5. The molecule has 0 radical (unpaired) electrons. The molecule has 0 spiro atoms. The van der Waals surface area contributed by atoms with Crippen molar-refractivity contribution < 1.29 is 5.11 Å². The number of fused-ring (bicyclic) bond motifs is 1. The lowest BCUT2D eigenvalue weighted by Gasteiger charge is -2.09. The van der Waals surface area contributed by atoms with E-state index in [1.165, 1.54) is 0 Å². The fourth-order valence-electron chi connectivity index (χ4n) is 2.33. The van der Waals surface area contributed by atoms with Crippen molar-refractivity contribution in [2.45, 2.75) is 6.92 Å². The van der Waals surface area contributed by atoms with E-state index in [0.717, 1.165) is 16.4 Å². The van der Waals surface area contributed by atoms with Crippen LogP contribution in [0.3, 0.4) is 0 Å². The number of aromatic nitrogens is 4. The third-order valence-corrected chi connectivity index (χ3v) is 3.47. The molecule has 116 valence electrons. The van der Waals surface area contributed by atoms with Gasteiger partial charge in [0, 0.05) is 50.0 Å². The summed E-state index contributed by atoms with van der Waals surface area (Å²) in [6.07, 6.45) is 8.33. The molecule has 3 heterocycles. The van der Waals surface area contributed by atoms with Crippen LogP contribution in [-0.2, 0) is 7.05 Å². The molecule has 0 unspecified atom stereocenters. The van der Waals surface area contributed by atoms with Crippen molar-refractivity contribution in [3.63, 3.8) is 0 Å². The van der Waals surface area contributed by atoms with E-state index >= 15 is 0 Å². The maximum absolute atomic E-state index is 10.3. The zero-order chi connectivity index (χ0) is 16.2. The average molecular weight is 307 g/mol. The Morgan fingerprint density at radius 1 is 1.26 bits per heavy atom. The Morgan fingerprint density at radius 2 is 2.09 bits per heavy atom.